The molecule has 2 rings (SSSR count). The Kier molecular flexibility index (Phi) is 5.65. The summed E-state index contributed by atoms with van der Waals surface area (Å²) in [4.78, 5) is 2.36. The second kappa shape index (κ2) is 7.27. The van der Waals surface area contributed by atoms with Crippen molar-refractivity contribution in [3.63, 3.8) is 0 Å². The van der Waals surface area contributed by atoms with Crippen LogP contribution in [-0.4, -0.2) is 40.6 Å². The largest absolute Gasteiger partial charge is 0.394 e. The van der Waals surface area contributed by atoms with Gasteiger partial charge in [0.2, 0.25) is 0 Å². The summed E-state index contributed by atoms with van der Waals surface area (Å²) in [6, 6.07) is 0.234. The van der Waals surface area contributed by atoms with Crippen molar-refractivity contribution in [1.29, 1.82) is 0 Å². The Hall–Kier alpha value is -1.07. The minimum atomic E-state index is 0.225. The minimum absolute atomic E-state index is 0.225. The molecule has 1 aliphatic rings. The van der Waals surface area contributed by atoms with E-state index in [0.717, 1.165) is 31.7 Å². The monoisotopic (exact) mass is 294 g/mol. The van der Waals surface area contributed by atoms with E-state index >= 15 is 0 Å². The van der Waals surface area contributed by atoms with Gasteiger partial charge < -0.3 is 15.3 Å². The SMILES string of the molecule is Cc1nn(C)c(N2CCCCC2CO)c1CNCC(C)C. The molecule has 0 amide bonds. The highest BCUT2D eigenvalue weighted by Gasteiger charge is 2.27. The lowest BCUT2D eigenvalue weighted by atomic mass is 10.0. The first-order valence-electron chi connectivity index (χ1n) is 8.15. The Morgan fingerprint density at radius 1 is 1.38 bits per heavy atom. The summed E-state index contributed by atoms with van der Waals surface area (Å²) in [6.45, 7) is 9.62. The van der Waals surface area contributed by atoms with Gasteiger partial charge >= 0.3 is 0 Å². The predicted molar refractivity (Wildman–Crippen MR) is 86.6 cm³/mol. The van der Waals surface area contributed by atoms with E-state index in [0.29, 0.717) is 5.92 Å². The van der Waals surface area contributed by atoms with Gasteiger partial charge in [-0.1, -0.05) is 13.8 Å². The third-order valence-electron chi connectivity index (χ3n) is 4.28. The Morgan fingerprint density at radius 2 is 2.14 bits per heavy atom. The molecule has 0 aromatic carbocycles. The standard InChI is InChI=1S/C16H30N4O/c1-12(2)9-17-10-15-13(3)18-19(4)16(15)20-8-6-5-7-14(20)11-21/h12,14,17,21H,5-11H2,1-4H3. The highest BCUT2D eigenvalue weighted by atomic mass is 16.3. The highest BCUT2D eigenvalue weighted by molar-refractivity contribution is 5.51. The van der Waals surface area contributed by atoms with Crippen LogP contribution in [0.5, 0.6) is 0 Å². The normalized spacial score (nSPS) is 19.5. The van der Waals surface area contributed by atoms with Crippen LogP contribution in [0.1, 0.15) is 44.4 Å². The van der Waals surface area contributed by atoms with Crippen LogP contribution in [0.3, 0.4) is 0 Å². The molecule has 0 saturated carbocycles. The number of anilines is 1. The van der Waals surface area contributed by atoms with Gasteiger partial charge in [0, 0.05) is 25.7 Å². The van der Waals surface area contributed by atoms with E-state index in [2.05, 4.69) is 36.1 Å². The zero-order valence-electron chi connectivity index (χ0n) is 13.9. The lowest BCUT2D eigenvalue weighted by molar-refractivity contribution is 0.238. The maximum atomic E-state index is 9.67. The number of nitrogens with one attached hydrogen (secondary N) is 1. The molecule has 2 heterocycles. The van der Waals surface area contributed by atoms with Crippen LogP contribution in [0.15, 0.2) is 0 Å². The average molecular weight is 294 g/mol. The summed E-state index contributed by atoms with van der Waals surface area (Å²) in [5, 5.41) is 17.8. The van der Waals surface area contributed by atoms with Gasteiger partial charge in [-0.15, -0.1) is 0 Å². The molecule has 1 fully saturated rings. The molecule has 120 valence electrons. The fourth-order valence-electron chi connectivity index (χ4n) is 3.21. The Morgan fingerprint density at radius 3 is 2.81 bits per heavy atom. The summed E-state index contributed by atoms with van der Waals surface area (Å²) in [6.07, 6.45) is 3.47. The van der Waals surface area contributed by atoms with E-state index in [4.69, 9.17) is 0 Å². The van der Waals surface area contributed by atoms with Crippen molar-refractivity contribution in [3.05, 3.63) is 11.3 Å². The molecule has 2 N–H and O–H groups in total. The Bertz CT molecular complexity index is 455. The quantitative estimate of drug-likeness (QED) is 0.840. The van der Waals surface area contributed by atoms with Crippen molar-refractivity contribution in [2.75, 3.05) is 24.6 Å². The van der Waals surface area contributed by atoms with Crippen LogP contribution in [-0.2, 0) is 13.6 Å². The number of aromatic nitrogens is 2. The fraction of sp³-hybridized carbons (Fsp3) is 0.812. The molecular formula is C16H30N4O. The first-order chi connectivity index (χ1) is 10.0. The van der Waals surface area contributed by atoms with Gasteiger partial charge in [0.15, 0.2) is 0 Å². The third-order valence-corrected chi connectivity index (χ3v) is 4.28. The summed E-state index contributed by atoms with van der Waals surface area (Å²) in [5.74, 6) is 1.83. The van der Waals surface area contributed by atoms with Gasteiger partial charge in [-0.05, 0) is 38.6 Å². The number of aliphatic hydroxyl groups excluding tert-OH is 1. The highest BCUT2D eigenvalue weighted by Crippen LogP contribution is 2.29. The lowest BCUT2D eigenvalue weighted by Crippen LogP contribution is -2.43. The van der Waals surface area contributed by atoms with Gasteiger partial charge in [0.25, 0.3) is 0 Å². The van der Waals surface area contributed by atoms with E-state index in [1.807, 2.05) is 11.7 Å². The van der Waals surface area contributed by atoms with Gasteiger partial charge in [0.05, 0.1) is 18.3 Å². The van der Waals surface area contributed by atoms with Gasteiger partial charge in [-0.25, -0.2) is 0 Å². The number of rotatable bonds is 6. The van der Waals surface area contributed by atoms with Gasteiger partial charge in [-0.2, -0.15) is 5.10 Å². The number of hydrogen-bond donors (Lipinski definition) is 2. The lowest BCUT2D eigenvalue weighted by Gasteiger charge is -2.37. The predicted octanol–water partition coefficient (Wildman–Crippen LogP) is 1.83. The van der Waals surface area contributed by atoms with E-state index < -0.39 is 0 Å². The van der Waals surface area contributed by atoms with Crippen LogP contribution in [0.25, 0.3) is 0 Å². The summed E-state index contributed by atoms with van der Waals surface area (Å²) in [7, 11) is 2.01. The summed E-state index contributed by atoms with van der Waals surface area (Å²) >= 11 is 0. The molecule has 0 spiro atoms. The number of nitrogens with zero attached hydrogens (tertiary/aromatic N) is 3. The van der Waals surface area contributed by atoms with Crippen LogP contribution in [0, 0.1) is 12.8 Å². The fourth-order valence-corrected chi connectivity index (χ4v) is 3.21. The number of hydrogen-bond acceptors (Lipinski definition) is 4. The van der Waals surface area contributed by atoms with Crippen LogP contribution >= 0.6 is 0 Å². The van der Waals surface area contributed by atoms with Crippen molar-refractivity contribution in [2.45, 2.75) is 52.6 Å². The molecule has 1 aromatic rings. The molecule has 5 nitrogen and oxygen atoms in total. The van der Waals surface area contributed by atoms with Gasteiger partial charge in [0.1, 0.15) is 5.82 Å². The molecule has 1 aromatic heterocycles. The van der Waals surface area contributed by atoms with Gasteiger partial charge in [-0.3, -0.25) is 4.68 Å². The van der Waals surface area contributed by atoms with E-state index in [-0.39, 0.29) is 12.6 Å². The molecule has 0 radical (unpaired) electrons. The topological polar surface area (TPSA) is 53.3 Å². The van der Waals surface area contributed by atoms with Crippen molar-refractivity contribution in [3.8, 4) is 0 Å². The van der Waals surface area contributed by atoms with Crippen molar-refractivity contribution < 1.29 is 5.11 Å². The Balaban J connectivity index is 2.20. The van der Waals surface area contributed by atoms with Crippen LogP contribution in [0.4, 0.5) is 5.82 Å². The van der Waals surface area contributed by atoms with Crippen molar-refractivity contribution in [2.24, 2.45) is 13.0 Å². The third kappa shape index (κ3) is 3.77. The van der Waals surface area contributed by atoms with Crippen molar-refractivity contribution >= 4 is 5.82 Å². The second-order valence-corrected chi connectivity index (χ2v) is 6.56. The second-order valence-electron chi connectivity index (χ2n) is 6.56. The first kappa shape index (κ1) is 16.3. The van der Waals surface area contributed by atoms with Crippen molar-refractivity contribution in [1.82, 2.24) is 15.1 Å². The van der Waals surface area contributed by atoms with E-state index in [9.17, 15) is 5.11 Å². The minimum Gasteiger partial charge on any atom is -0.394 e. The smallest absolute Gasteiger partial charge is 0.131 e. The molecule has 1 unspecified atom stereocenters. The van der Waals surface area contributed by atoms with E-state index in [1.54, 1.807) is 0 Å². The maximum absolute atomic E-state index is 9.67. The first-order valence-corrected chi connectivity index (χ1v) is 8.15. The maximum Gasteiger partial charge on any atom is 0.131 e. The molecule has 1 aliphatic heterocycles. The summed E-state index contributed by atoms with van der Waals surface area (Å²) in [5.41, 5.74) is 2.37. The molecule has 21 heavy (non-hydrogen) atoms. The van der Waals surface area contributed by atoms with E-state index in [1.165, 1.54) is 24.2 Å². The molecular weight excluding hydrogens is 264 g/mol. The number of aliphatic hydroxyl groups is 1. The zero-order chi connectivity index (χ0) is 15.4. The average Bonchev–Trinajstić information content (AvgIpc) is 2.73. The van der Waals surface area contributed by atoms with Crippen LogP contribution < -0.4 is 10.2 Å². The summed E-state index contributed by atoms with van der Waals surface area (Å²) < 4.78 is 1.98. The molecule has 0 aliphatic carbocycles. The molecule has 1 saturated heterocycles. The zero-order valence-corrected chi connectivity index (χ0v) is 13.9. The molecule has 1 atom stereocenters. The Labute approximate surface area is 128 Å². The molecule has 0 bridgehead atoms. The van der Waals surface area contributed by atoms with Crippen LogP contribution in [0.2, 0.25) is 0 Å². The number of piperidine rings is 1. The molecule has 5 heteroatoms. The number of aryl methyl sites for hydroxylation is 2.